The monoisotopic (exact) mass is 386 g/mol. The molecule has 2 aliphatic heterocycles. The van der Waals surface area contributed by atoms with Crippen LogP contribution in [0.4, 0.5) is 14.5 Å². The van der Waals surface area contributed by atoms with Gasteiger partial charge in [0.15, 0.2) is 6.10 Å². The molecule has 2 heterocycles. The highest BCUT2D eigenvalue weighted by Crippen LogP contribution is 2.34. The second-order valence-corrected chi connectivity index (χ2v) is 7.03. The van der Waals surface area contributed by atoms with Crippen LogP contribution in [-0.4, -0.2) is 42.5 Å². The van der Waals surface area contributed by atoms with E-state index in [1.165, 1.54) is 4.90 Å². The molecule has 146 valence electrons. The topological polar surface area (TPSA) is 49.9 Å². The molecule has 2 aromatic carbocycles. The first-order valence-electron chi connectivity index (χ1n) is 9.35. The number of fused-ring (bicyclic) bond motifs is 1. The highest BCUT2D eigenvalue weighted by atomic mass is 19.1. The van der Waals surface area contributed by atoms with E-state index in [2.05, 4.69) is 0 Å². The van der Waals surface area contributed by atoms with Crippen LogP contribution in [0.15, 0.2) is 42.5 Å². The summed E-state index contributed by atoms with van der Waals surface area (Å²) >= 11 is 0. The third kappa shape index (κ3) is 3.56. The van der Waals surface area contributed by atoms with E-state index in [9.17, 15) is 18.4 Å². The van der Waals surface area contributed by atoms with Crippen molar-refractivity contribution >= 4 is 17.5 Å². The SMILES string of the molecule is O=C([C@@H]1CN(C(=O)c2cc(F)cc(F)c2)c2ccccc2O1)N1CCCCC1. The Morgan fingerprint density at radius 1 is 0.964 bits per heavy atom. The molecule has 0 unspecified atom stereocenters. The zero-order valence-electron chi connectivity index (χ0n) is 15.2. The molecule has 2 aromatic rings. The normalized spacial score (nSPS) is 19.0. The molecule has 0 spiro atoms. The fourth-order valence-electron chi connectivity index (χ4n) is 3.71. The summed E-state index contributed by atoms with van der Waals surface area (Å²) in [5, 5.41) is 0. The van der Waals surface area contributed by atoms with E-state index in [1.807, 2.05) is 0 Å². The summed E-state index contributed by atoms with van der Waals surface area (Å²) in [6.07, 6.45) is 2.13. The van der Waals surface area contributed by atoms with Gasteiger partial charge in [-0.05, 0) is 43.5 Å². The molecule has 0 saturated carbocycles. The minimum Gasteiger partial charge on any atom is -0.476 e. The third-order valence-electron chi connectivity index (χ3n) is 5.07. The molecule has 1 atom stereocenters. The van der Waals surface area contributed by atoms with Crippen LogP contribution in [-0.2, 0) is 4.79 Å². The van der Waals surface area contributed by atoms with Crippen molar-refractivity contribution in [3.05, 3.63) is 59.7 Å². The van der Waals surface area contributed by atoms with Gasteiger partial charge in [0.1, 0.15) is 17.4 Å². The minimum atomic E-state index is -0.852. The van der Waals surface area contributed by atoms with Crippen LogP contribution in [0.2, 0.25) is 0 Å². The number of hydrogen-bond donors (Lipinski definition) is 0. The van der Waals surface area contributed by atoms with E-state index in [1.54, 1.807) is 29.2 Å². The molecule has 7 heteroatoms. The van der Waals surface area contributed by atoms with Gasteiger partial charge < -0.3 is 14.5 Å². The van der Waals surface area contributed by atoms with Gasteiger partial charge in [0.2, 0.25) is 0 Å². The first-order chi connectivity index (χ1) is 13.5. The zero-order chi connectivity index (χ0) is 19.7. The van der Waals surface area contributed by atoms with Gasteiger partial charge in [0.05, 0.1) is 12.2 Å². The van der Waals surface area contributed by atoms with Gasteiger partial charge in [0, 0.05) is 24.7 Å². The molecule has 4 rings (SSSR count). The fourth-order valence-corrected chi connectivity index (χ4v) is 3.71. The maximum Gasteiger partial charge on any atom is 0.265 e. The van der Waals surface area contributed by atoms with Crippen molar-refractivity contribution in [2.24, 2.45) is 0 Å². The number of benzene rings is 2. The summed E-state index contributed by atoms with van der Waals surface area (Å²) in [6.45, 7) is 1.33. The Morgan fingerprint density at radius 3 is 2.36 bits per heavy atom. The van der Waals surface area contributed by atoms with Crippen molar-refractivity contribution in [3.8, 4) is 5.75 Å². The summed E-state index contributed by atoms with van der Waals surface area (Å²) in [6, 6.07) is 9.54. The summed E-state index contributed by atoms with van der Waals surface area (Å²) in [5.41, 5.74) is 0.359. The van der Waals surface area contributed by atoms with Gasteiger partial charge in [0.25, 0.3) is 11.8 Å². The molecule has 28 heavy (non-hydrogen) atoms. The van der Waals surface area contributed by atoms with Gasteiger partial charge in [-0.25, -0.2) is 8.78 Å². The molecule has 0 aliphatic carbocycles. The molecule has 1 saturated heterocycles. The predicted octanol–water partition coefficient (Wildman–Crippen LogP) is 3.39. The molecular formula is C21H20F2N2O3. The lowest BCUT2D eigenvalue weighted by atomic mass is 10.1. The lowest BCUT2D eigenvalue weighted by Gasteiger charge is -2.37. The number of hydrogen-bond acceptors (Lipinski definition) is 3. The van der Waals surface area contributed by atoms with E-state index >= 15 is 0 Å². The van der Waals surface area contributed by atoms with E-state index in [4.69, 9.17) is 4.74 Å². The number of rotatable bonds is 2. The minimum absolute atomic E-state index is 0.0106. The summed E-state index contributed by atoms with van der Waals surface area (Å²) < 4.78 is 33.1. The van der Waals surface area contributed by atoms with E-state index in [0.29, 0.717) is 30.6 Å². The Morgan fingerprint density at radius 2 is 1.64 bits per heavy atom. The largest absolute Gasteiger partial charge is 0.476 e. The van der Waals surface area contributed by atoms with Crippen LogP contribution >= 0.6 is 0 Å². The number of carbonyl (C=O) groups is 2. The fraction of sp³-hybridized carbons (Fsp3) is 0.333. The second-order valence-electron chi connectivity index (χ2n) is 7.03. The average molecular weight is 386 g/mol. The number of nitrogens with zero attached hydrogens (tertiary/aromatic N) is 2. The van der Waals surface area contributed by atoms with Crippen LogP contribution in [0.1, 0.15) is 29.6 Å². The number of carbonyl (C=O) groups excluding carboxylic acids is 2. The van der Waals surface area contributed by atoms with Crippen LogP contribution in [0.25, 0.3) is 0 Å². The smallest absolute Gasteiger partial charge is 0.265 e. The van der Waals surface area contributed by atoms with Crippen LogP contribution in [0, 0.1) is 11.6 Å². The van der Waals surface area contributed by atoms with Gasteiger partial charge in [-0.1, -0.05) is 12.1 Å². The van der Waals surface area contributed by atoms with Crippen molar-refractivity contribution in [2.75, 3.05) is 24.5 Å². The van der Waals surface area contributed by atoms with Gasteiger partial charge in [-0.15, -0.1) is 0 Å². The Bertz CT molecular complexity index is 892. The molecule has 0 aromatic heterocycles. The van der Waals surface area contributed by atoms with E-state index in [0.717, 1.165) is 31.4 Å². The first kappa shape index (κ1) is 18.4. The zero-order valence-corrected chi connectivity index (χ0v) is 15.2. The van der Waals surface area contributed by atoms with Gasteiger partial charge >= 0.3 is 0 Å². The molecule has 0 radical (unpaired) electrons. The van der Waals surface area contributed by atoms with E-state index in [-0.39, 0.29) is 18.0 Å². The van der Waals surface area contributed by atoms with Crippen molar-refractivity contribution in [1.82, 2.24) is 4.90 Å². The highest BCUT2D eigenvalue weighted by Gasteiger charge is 2.36. The lowest BCUT2D eigenvalue weighted by molar-refractivity contribution is -0.139. The molecule has 1 fully saturated rings. The molecule has 2 amide bonds. The maximum absolute atomic E-state index is 13.6. The lowest BCUT2D eigenvalue weighted by Crippen LogP contribution is -2.52. The predicted molar refractivity (Wildman–Crippen MR) is 99.3 cm³/mol. The Hall–Kier alpha value is -2.96. The summed E-state index contributed by atoms with van der Waals surface area (Å²) in [4.78, 5) is 29.1. The molecule has 2 aliphatic rings. The summed E-state index contributed by atoms with van der Waals surface area (Å²) in [5.74, 6) is -2.01. The number of amides is 2. The number of halogens is 2. The van der Waals surface area contributed by atoms with Crippen molar-refractivity contribution < 1.29 is 23.1 Å². The quantitative estimate of drug-likeness (QED) is 0.795. The third-order valence-corrected chi connectivity index (χ3v) is 5.07. The van der Waals surface area contributed by atoms with Crippen molar-refractivity contribution in [1.29, 1.82) is 0 Å². The maximum atomic E-state index is 13.6. The standard InChI is InChI=1S/C21H20F2N2O3/c22-15-10-14(11-16(23)12-15)20(26)25-13-19(21(27)24-8-4-1-5-9-24)28-18-7-3-2-6-17(18)25/h2-3,6-7,10-12,19H,1,4-5,8-9,13H2/t19-/m0/s1. The number of likely N-dealkylation sites (tertiary alicyclic amines) is 1. The van der Waals surface area contributed by atoms with Gasteiger partial charge in [-0.3, -0.25) is 9.59 Å². The molecule has 0 bridgehead atoms. The Kier molecular flexibility index (Phi) is 4.98. The molecular weight excluding hydrogens is 366 g/mol. The molecule has 5 nitrogen and oxygen atoms in total. The van der Waals surface area contributed by atoms with E-state index < -0.39 is 23.6 Å². The van der Waals surface area contributed by atoms with Crippen LogP contribution < -0.4 is 9.64 Å². The molecule has 0 N–H and O–H groups in total. The average Bonchev–Trinajstić information content (AvgIpc) is 2.71. The number of anilines is 1. The van der Waals surface area contributed by atoms with Crippen LogP contribution in [0.5, 0.6) is 5.75 Å². The Labute approximate surface area is 161 Å². The Balaban J connectivity index is 1.65. The number of piperidine rings is 1. The number of para-hydroxylation sites is 2. The van der Waals surface area contributed by atoms with Crippen molar-refractivity contribution in [3.63, 3.8) is 0 Å². The van der Waals surface area contributed by atoms with Gasteiger partial charge in [-0.2, -0.15) is 0 Å². The number of ether oxygens (including phenoxy) is 1. The second kappa shape index (κ2) is 7.58. The highest BCUT2D eigenvalue weighted by molar-refractivity contribution is 6.07. The summed E-state index contributed by atoms with van der Waals surface area (Å²) in [7, 11) is 0. The van der Waals surface area contributed by atoms with Crippen LogP contribution in [0.3, 0.4) is 0 Å². The van der Waals surface area contributed by atoms with Crippen molar-refractivity contribution in [2.45, 2.75) is 25.4 Å². The first-order valence-corrected chi connectivity index (χ1v) is 9.35.